The smallest absolute Gasteiger partial charge is 0.326 e. The fourth-order valence-corrected chi connectivity index (χ4v) is 2.87. The number of urea groups is 1. The Hall–Kier alpha value is -1.26. The fourth-order valence-electron chi connectivity index (χ4n) is 2.87. The first-order valence-corrected chi connectivity index (χ1v) is 10.3. The maximum absolute atomic E-state index is 11.7. The van der Waals surface area contributed by atoms with E-state index in [4.69, 9.17) is 5.11 Å². The first kappa shape index (κ1) is 23.7. The SMILES string of the molecule is CCCCCCCCCCCCCCNC(=O)N[C@H](C(=O)O)C(C)C. The molecule has 25 heavy (non-hydrogen) atoms. The molecule has 148 valence electrons. The number of carbonyl (C=O) groups is 2. The van der Waals surface area contributed by atoms with Gasteiger partial charge in [-0.2, -0.15) is 0 Å². The highest BCUT2D eigenvalue weighted by Crippen LogP contribution is 2.11. The van der Waals surface area contributed by atoms with Crippen LogP contribution in [0.2, 0.25) is 0 Å². The van der Waals surface area contributed by atoms with Gasteiger partial charge in [0.1, 0.15) is 6.04 Å². The molecule has 0 fully saturated rings. The molecule has 0 aliphatic carbocycles. The van der Waals surface area contributed by atoms with Gasteiger partial charge in [-0.05, 0) is 12.3 Å². The Labute approximate surface area is 154 Å². The van der Waals surface area contributed by atoms with Crippen LogP contribution in [0, 0.1) is 5.92 Å². The normalized spacial score (nSPS) is 12.2. The molecule has 0 aliphatic rings. The quantitative estimate of drug-likeness (QED) is 0.337. The monoisotopic (exact) mass is 356 g/mol. The summed E-state index contributed by atoms with van der Waals surface area (Å²) in [5.74, 6) is -1.12. The summed E-state index contributed by atoms with van der Waals surface area (Å²) in [6.07, 6.45) is 15.4. The molecular weight excluding hydrogens is 316 g/mol. The average molecular weight is 357 g/mol. The largest absolute Gasteiger partial charge is 0.480 e. The van der Waals surface area contributed by atoms with Gasteiger partial charge in [0, 0.05) is 6.54 Å². The standard InChI is InChI=1S/C20H40N2O3/c1-4-5-6-7-8-9-10-11-12-13-14-15-16-21-20(25)22-18(17(2)3)19(23)24/h17-18H,4-16H2,1-3H3,(H,23,24)(H2,21,22,25)/t18-/m0/s1. The Morgan fingerprint density at radius 1 is 0.800 bits per heavy atom. The molecule has 2 amide bonds. The molecule has 0 saturated carbocycles. The number of aliphatic carboxylic acids is 1. The highest BCUT2D eigenvalue weighted by molar-refractivity contribution is 5.82. The lowest BCUT2D eigenvalue weighted by Crippen LogP contribution is -2.48. The van der Waals surface area contributed by atoms with Crippen LogP contribution >= 0.6 is 0 Å². The van der Waals surface area contributed by atoms with Crippen LogP contribution < -0.4 is 10.6 Å². The lowest BCUT2D eigenvalue weighted by Gasteiger charge is -2.18. The van der Waals surface area contributed by atoms with E-state index in [1.165, 1.54) is 64.2 Å². The molecule has 0 aromatic carbocycles. The van der Waals surface area contributed by atoms with Gasteiger partial charge >= 0.3 is 12.0 Å². The molecule has 0 heterocycles. The predicted octanol–water partition coefficient (Wildman–Crippen LogP) is 5.10. The maximum atomic E-state index is 11.7. The topological polar surface area (TPSA) is 78.4 Å². The summed E-state index contributed by atoms with van der Waals surface area (Å²) >= 11 is 0. The molecule has 5 heteroatoms. The van der Waals surface area contributed by atoms with Gasteiger partial charge in [0.25, 0.3) is 0 Å². The van der Waals surface area contributed by atoms with Gasteiger partial charge in [0.05, 0.1) is 0 Å². The molecule has 0 spiro atoms. The van der Waals surface area contributed by atoms with Gasteiger partial charge in [-0.3, -0.25) is 0 Å². The molecule has 0 aliphatic heterocycles. The summed E-state index contributed by atoms with van der Waals surface area (Å²) in [5.41, 5.74) is 0. The van der Waals surface area contributed by atoms with Crippen molar-refractivity contribution in [3.63, 3.8) is 0 Å². The van der Waals surface area contributed by atoms with Crippen molar-refractivity contribution in [2.45, 2.75) is 104 Å². The van der Waals surface area contributed by atoms with E-state index in [-0.39, 0.29) is 11.9 Å². The number of hydrogen-bond donors (Lipinski definition) is 3. The second kappa shape index (κ2) is 16.2. The first-order valence-electron chi connectivity index (χ1n) is 10.3. The number of unbranched alkanes of at least 4 members (excludes halogenated alkanes) is 11. The van der Waals surface area contributed by atoms with E-state index in [0.717, 1.165) is 12.8 Å². The van der Waals surface area contributed by atoms with Crippen LogP contribution in [0.15, 0.2) is 0 Å². The fraction of sp³-hybridized carbons (Fsp3) is 0.900. The molecule has 5 nitrogen and oxygen atoms in total. The van der Waals surface area contributed by atoms with Crippen molar-refractivity contribution in [3.8, 4) is 0 Å². The van der Waals surface area contributed by atoms with Gasteiger partial charge in [-0.15, -0.1) is 0 Å². The first-order chi connectivity index (χ1) is 12.0. The number of carboxylic acids is 1. The second-order valence-electron chi connectivity index (χ2n) is 7.35. The van der Waals surface area contributed by atoms with Crippen molar-refractivity contribution >= 4 is 12.0 Å². The number of rotatable bonds is 16. The van der Waals surface area contributed by atoms with Crippen molar-refractivity contribution in [1.82, 2.24) is 10.6 Å². The van der Waals surface area contributed by atoms with E-state index in [2.05, 4.69) is 17.6 Å². The Morgan fingerprint density at radius 2 is 1.24 bits per heavy atom. The molecule has 3 N–H and O–H groups in total. The highest BCUT2D eigenvalue weighted by Gasteiger charge is 2.22. The zero-order valence-electron chi connectivity index (χ0n) is 16.6. The molecular formula is C20H40N2O3. The van der Waals surface area contributed by atoms with Gasteiger partial charge in [-0.25, -0.2) is 9.59 Å². The van der Waals surface area contributed by atoms with E-state index >= 15 is 0 Å². The third-order valence-electron chi connectivity index (χ3n) is 4.54. The Morgan fingerprint density at radius 3 is 1.64 bits per heavy atom. The van der Waals surface area contributed by atoms with Gasteiger partial charge in [-0.1, -0.05) is 91.4 Å². The summed E-state index contributed by atoms with van der Waals surface area (Å²) in [7, 11) is 0. The number of amides is 2. The molecule has 0 unspecified atom stereocenters. The zero-order chi connectivity index (χ0) is 18.9. The zero-order valence-corrected chi connectivity index (χ0v) is 16.6. The van der Waals surface area contributed by atoms with Crippen molar-refractivity contribution < 1.29 is 14.7 Å². The van der Waals surface area contributed by atoms with Gasteiger partial charge < -0.3 is 15.7 Å². The van der Waals surface area contributed by atoms with Crippen molar-refractivity contribution in [2.24, 2.45) is 5.92 Å². The van der Waals surface area contributed by atoms with Crippen LogP contribution in [0.25, 0.3) is 0 Å². The van der Waals surface area contributed by atoms with Gasteiger partial charge in [0.2, 0.25) is 0 Å². The Bertz CT molecular complexity index is 346. The van der Waals surface area contributed by atoms with Crippen LogP contribution in [0.4, 0.5) is 4.79 Å². The van der Waals surface area contributed by atoms with Crippen LogP contribution in [-0.2, 0) is 4.79 Å². The van der Waals surface area contributed by atoms with E-state index in [1.54, 1.807) is 13.8 Å². The average Bonchev–Trinajstić information content (AvgIpc) is 2.56. The minimum Gasteiger partial charge on any atom is -0.480 e. The molecule has 0 radical (unpaired) electrons. The molecule has 0 rings (SSSR count). The van der Waals surface area contributed by atoms with E-state index in [9.17, 15) is 9.59 Å². The van der Waals surface area contributed by atoms with E-state index in [1.807, 2.05) is 0 Å². The van der Waals surface area contributed by atoms with Crippen LogP contribution in [0.1, 0.15) is 97.8 Å². The number of hydrogen-bond acceptors (Lipinski definition) is 2. The highest BCUT2D eigenvalue weighted by atomic mass is 16.4. The minimum absolute atomic E-state index is 0.130. The molecule has 0 bridgehead atoms. The number of nitrogens with one attached hydrogen (secondary N) is 2. The summed E-state index contributed by atoms with van der Waals surface area (Å²) in [6, 6.07) is -1.22. The van der Waals surface area contributed by atoms with E-state index in [0.29, 0.717) is 6.54 Å². The molecule has 1 atom stereocenters. The molecule has 0 aromatic rings. The van der Waals surface area contributed by atoms with Crippen molar-refractivity contribution in [2.75, 3.05) is 6.54 Å². The molecule has 0 saturated heterocycles. The van der Waals surface area contributed by atoms with Crippen molar-refractivity contribution in [3.05, 3.63) is 0 Å². The Balaban J connectivity index is 3.40. The minimum atomic E-state index is -0.990. The van der Waals surface area contributed by atoms with Crippen LogP contribution in [0.3, 0.4) is 0 Å². The van der Waals surface area contributed by atoms with Crippen LogP contribution in [0.5, 0.6) is 0 Å². The number of carboxylic acid groups (broad SMARTS) is 1. The summed E-state index contributed by atoms with van der Waals surface area (Å²) in [6.45, 7) is 6.42. The molecule has 0 aromatic heterocycles. The summed E-state index contributed by atoms with van der Waals surface area (Å²) in [4.78, 5) is 22.7. The third kappa shape index (κ3) is 14.8. The number of carbonyl (C=O) groups excluding carboxylic acids is 1. The van der Waals surface area contributed by atoms with Crippen LogP contribution in [-0.4, -0.2) is 29.7 Å². The van der Waals surface area contributed by atoms with E-state index < -0.39 is 12.0 Å². The summed E-state index contributed by atoms with van der Waals surface area (Å²) < 4.78 is 0. The lowest BCUT2D eigenvalue weighted by atomic mass is 10.1. The summed E-state index contributed by atoms with van der Waals surface area (Å²) in [5, 5.41) is 14.3. The van der Waals surface area contributed by atoms with Crippen molar-refractivity contribution in [1.29, 1.82) is 0 Å². The lowest BCUT2D eigenvalue weighted by molar-refractivity contribution is -0.140. The second-order valence-corrected chi connectivity index (χ2v) is 7.35. The van der Waals surface area contributed by atoms with Gasteiger partial charge in [0.15, 0.2) is 0 Å². The third-order valence-corrected chi connectivity index (χ3v) is 4.54. The Kier molecular flexibility index (Phi) is 15.4. The maximum Gasteiger partial charge on any atom is 0.326 e. The predicted molar refractivity (Wildman–Crippen MR) is 104 cm³/mol.